The van der Waals surface area contributed by atoms with Gasteiger partial charge in [0.05, 0.1) is 0 Å². The summed E-state index contributed by atoms with van der Waals surface area (Å²) in [6.45, 7) is 0. The Kier molecular flexibility index (Phi) is 3.34. The molecule has 0 rings (SSSR count). The van der Waals surface area contributed by atoms with Crippen molar-refractivity contribution >= 4 is 27.7 Å². The smallest absolute Gasteiger partial charge is 0.00237 e. The van der Waals surface area contributed by atoms with Crippen molar-refractivity contribution in [3.8, 4) is 0 Å². The molecule has 3 heteroatoms. The van der Waals surface area contributed by atoms with Gasteiger partial charge in [0.1, 0.15) is 0 Å². The van der Waals surface area contributed by atoms with Crippen LogP contribution in [0.2, 0.25) is 0 Å². The molecule has 0 saturated heterocycles. The molecule has 0 heterocycles. The first-order valence-electron chi connectivity index (χ1n) is 1.00. The maximum atomic E-state index is 2.58. The number of hydrogen-bond acceptors (Lipinski definition) is 0. The molecule has 26 valence electrons. The van der Waals surface area contributed by atoms with E-state index in [1.807, 2.05) is 0 Å². The second-order valence-electron chi connectivity index (χ2n) is 0.577. The second-order valence-corrected chi connectivity index (χ2v) is 5.20. The van der Waals surface area contributed by atoms with Gasteiger partial charge in [-0.05, 0) is 0 Å². The Bertz CT molecular complexity index is 8.00. The molecule has 0 radical (unpaired) electrons. The predicted octanol–water partition coefficient (Wildman–Crippen LogP) is 0.895. The molecular formula is CH7P3. The van der Waals surface area contributed by atoms with Gasteiger partial charge in [0, 0.05) is 5.14 Å². The minimum Gasteiger partial charge on any atom is -0.126 e. The van der Waals surface area contributed by atoms with Gasteiger partial charge in [-0.3, -0.25) is 0 Å². The minimum atomic E-state index is 0.583. The monoisotopic (exact) mass is 112 g/mol. The highest BCUT2D eigenvalue weighted by Gasteiger charge is 1.67. The van der Waals surface area contributed by atoms with E-state index in [0.29, 0.717) is 5.14 Å². The zero-order valence-corrected chi connectivity index (χ0v) is 5.77. The van der Waals surface area contributed by atoms with Gasteiger partial charge in [-0.15, -0.1) is 27.7 Å². The highest BCUT2D eigenvalue weighted by Crippen LogP contribution is 2.14. The van der Waals surface area contributed by atoms with E-state index < -0.39 is 0 Å². The van der Waals surface area contributed by atoms with Crippen LogP contribution in [0.15, 0.2) is 0 Å². The summed E-state index contributed by atoms with van der Waals surface area (Å²) in [4.78, 5) is 0. The van der Waals surface area contributed by atoms with E-state index >= 15 is 0 Å². The quantitative estimate of drug-likeness (QED) is 0.408. The Labute approximate surface area is 33.7 Å². The molecule has 0 aromatic carbocycles. The second kappa shape index (κ2) is 2.52. The molecule has 0 saturated carbocycles. The van der Waals surface area contributed by atoms with Gasteiger partial charge in [-0.2, -0.15) is 0 Å². The van der Waals surface area contributed by atoms with E-state index in [0.717, 1.165) is 0 Å². The standard InChI is InChI=1S/CH7P3/c2-1(3)4/h1H,2-4H2. The summed E-state index contributed by atoms with van der Waals surface area (Å²) in [5.41, 5.74) is 0. The summed E-state index contributed by atoms with van der Waals surface area (Å²) in [6.07, 6.45) is 0. The van der Waals surface area contributed by atoms with Crippen LogP contribution in [0.3, 0.4) is 0 Å². The molecule has 4 heavy (non-hydrogen) atoms. The predicted molar refractivity (Wildman–Crippen MR) is 32.9 cm³/mol. The van der Waals surface area contributed by atoms with Crippen molar-refractivity contribution in [1.82, 2.24) is 0 Å². The Morgan fingerprint density at radius 2 is 1.00 bits per heavy atom. The fourth-order valence-electron chi connectivity index (χ4n) is 0. The van der Waals surface area contributed by atoms with E-state index in [1.54, 1.807) is 0 Å². The number of hydrogen-bond donors (Lipinski definition) is 0. The highest BCUT2D eigenvalue weighted by atomic mass is 31.1. The van der Waals surface area contributed by atoms with E-state index in [4.69, 9.17) is 0 Å². The topological polar surface area (TPSA) is 0 Å². The number of rotatable bonds is 0. The van der Waals surface area contributed by atoms with Crippen LogP contribution in [0.25, 0.3) is 0 Å². The van der Waals surface area contributed by atoms with E-state index in [9.17, 15) is 0 Å². The largest absolute Gasteiger partial charge is 0.126 e. The molecule has 3 unspecified atom stereocenters. The molecule has 0 amide bonds. The van der Waals surface area contributed by atoms with Gasteiger partial charge in [0.15, 0.2) is 0 Å². The van der Waals surface area contributed by atoms with Crippen LogP contribution in [0, 0.1) is 0 Å². The lowest BCUT2D eigenvalue weighted by molar-refractivity contribution is 2.11. The van der Waals surface area contributed by atoms with Crippen molar-refractivity contribution in [2.75, 3.05) is 0 Å². The van der Waals surface area contributed by atoms with Gasteiger partial charge in [0.2, 0.25) is 0 Å². The van der Waals surface area contributed by atoms with Crippen LogP contribution in [-0.2, 0) is 0 Å². The third-order valence-electron chi connectivity index (χ3n) is 0. The van der Waals surface area contributed by atoms with Crippen LogP contribution in [-0.4, -0.2) is 5.14 Å². The van der Waals surface area contributed by atoms with Crippen molar-refractivity contribution in [3.05, 3.63) is 0 Å². The van der Waals surface area contributed by atoms with Crippen LogP contribution < -0.4 is 0 Å². The molecule has 3 atom stereocenters. The summed E-state index contributed by atoms with van der Waals surface area (Å²) < 4.78 is 0. The minimum absolute atomic E-state index is 0.583. The fourth-order valence-corrected chi connectivity index (χ4v) is 0. The molecule has 0 bridgehead atoms. The van der Waals surface area contributed by atoms with E-state index in [-0.39, 0.29) is 0 Å². The first kappa shape index (κ1) is 5.29. The van der Waals surface area contributed by atoms with Crippen molar-refractivity contribution in [3.63, 3.8) is 0 Å². The van der Waals surface area contributed by atoms with Crippen molar-refractivity contribution in [2.24, 2.45) is 0 Å². The average molecular weight is 112 g/mol. The zero-order chi connectivity index (χ0) is 3.58. The Morgan fingerprint density at radius 1 is 1.00 bits per heavy atom. The summed E-state index contributed by atoms with van der Waals surface area (Å²) in [6, 6.07) is 0. The van der Waals surface area contributed by atoms with Gasteiger partial charge < -0.3 is 0 Å². The Hall–Kier alpha value is 1.29. The Morgan fingerprint density at radius 3 is 1.00 bits per heavy atom. The van der Waals surface area contributed by atoms with Crippen LogP contribution in [0.4, 0.5) is 0 Å². The molecule has 0 aliphatic heterocycles. The molecule has 0 spiro atoms. The van der Waals surface area contributed by atoms with Crippen molar-refractivity contribution in [2.45, 2.75) is 5.14 Å². The van der Waals surface area contributed by atoms with Crippen LogP contribution in [0.5, 0.6) is 0 Å². The first-order chi connectivity index (χ1) is 1.73. The molecule has 0 N–H and O–H groups in total. The lowest BCUT2D eigenvalue weighted by Gasteiger charge is -1.79. The van der Waals surface area contributed by atoms with E-state index in [2.05, 4.69) is 27.7 Å². The van der Waals surface area contributed by atoms with Gasteiger partial charge in [0.25, 0.3) is 0 Å². The summed E-state index contributed by atoms with van der Waals surface area (Å²) in [5.74, 6) is 0. The van der Waals surface area contributed by atoms with Gasteiger partial charge >= 0.3 is 0 Å². The fraction of sp³-hybridized carbons (Fsp3) is 1.00. The molecule has 0 aliphatic carbocycles. The summed E-state index contributed by atoms with van der Waals surface area (Å²) in [7, 11) is 7.75. The molecule has 0 aromatic heterocycles. The Balaban J connectivity index is 2.32. The zero-order valence-electron chi connectivity index (χ0n) is 2.31. The first-order valence-corrected chi connectivity index (χ1v) is 3.00. The van der Waals surface area contributed by atoms with E-state index in [1.165, 1.54) is 0 Å². The highest BCUT2D eigenvalue weighted by molar-refractivity contribution is 7.55. The molecule has 0 aliphatic rings. The lowest BCUT2D eigenvalue weighted by Crippen LogP contribution is -1.48. The summed E-state index contributed by atoms with van der Waals surface area (Å²) in [5, 5.41) is 0.583. The third kappa shape index (κ3) is 10.4. The SMILES string of the molecule is PC(P)P. The van der Waals surface area contributed by atoms with Crippen LogP contribution in [0.1, 0.15) is 0 Å². The molecule has 0 nitrogen and oxygen atoms in total. The van der Waals surface area contributed by atoms with Gasteiger partial charge in [-0.1, -0.05) is 0 Å². The lowest BCUT2D eigenvalue weighted by atomic mass is 11.9. The van der Waals surface area contributed by atoms with Gasteiger partial charge in [-0.25, -0.2) is 0 Å². The molecule has 0 aromatic rings. The van der Waals surface area contributed by atoms with Crippen LogP contribution >= 0.6 is 27.7 Å². The third-order valence-corrected chi connectivity index (χ3v) is 0. The maximum Gasteiger partial charge on any atom is 0.00237 e. The maximum absolute atomic E-state index is 2.58. The summed E-state index contributed by atoms with van der Waals surface area (Å²) >= 11 is 0. The molecule has 0 fully saturated rings. The molecular weight excluding hydrogens is 105 g/mol. The van der Waals surface area contributed by atoms with Crippen molar-refractivity contribution in [1.29, 1.82) is 0 Å². The normalized spacial score (nSPS) is 9.00. The average Bonchev–Trinajstić information content (AvgIpc) is 0.811. The van der Waals surface area contributed by atoms with Crippen molar-refractivity contribution < 1.29 is 0 Å².